The molecule has 0 saturated heterocycles. The minimum absolute atomic E-state index is 0.834. The Hall–Kier alpha value is -8.14. The van der Waals surface area contributed by atoms with Gasteiger partial charge in [-0.1, -0.05) is 194 Å². The molecule has 0 spiro atoms. The second kappa shape index (κ2) is 14.3. The number of benzene rings is 9. The maximum absolute atomic E-state index is 7.39. The Balaban J connectivity index is 1.08. The van der Waals surface area contributed by atoms with E-state index in [1.165, 1.54) is 16.2 Å². The number of fused-ring (bicyclic) bond motifs is 6. The van der Waals surface area contributed by atoms with Gasteiger partial charge in [-0.05, 0) is 72.8 Å². The molecule has 0 radical (unpaired) electrons. The van der Waals surface area contributed by atoms with Crippen LogP contribution in [0.15, 0.2) is 223 Å². The molecule has 0 bridgehead atoms. The van der Waals surface area contributed by atoms with E-state index in [1.807, 2.05) is 12.3 Å². The second-order valence-corrected chi connectivity index (χ2v) is 15.6. The second-order valence-electron chi connectivity index (χ2n) is 15.6. The summed E-state index contributed by atoms with van der Waals surface area (Å²) in [6.07, 6.45) is 1.84. The molecule has 3 nitrogen and oxygen atoms in total. The highest BCUT2D eigenvalue weighted by Crippen LogP contribution is 2.51. The van der Waals surface area contributed by atoms with E-state index in [2.05, 4.69) is 206 Å². The highest BCUT2D eigenvalue weighted by Gasteiger charge is 2.27. The number of nitrogens with zero attached hydrogens (tertiary/aromatic N) is 2. The van der Waals surface area contributed by atoms with Crippen molar-refractivity contribution in [3.63, 3.8) is 0 Å². The number of pyridine rings is 2. The van der Waals surface area contributed by atoms with Crippen LogP contribution in [0.1, 0.15) is 0 Å². The van der Waals surface area contributed by atoms with Crippen molar-refractivity contribution in [3.05, 3.63) is 219 Å². The summed E-state index contributed by atoms with van der Waals surface area (Å²) in [4.78, 5) is 9.96. The zero-order chi connectivity index (χ0) is 40.3. The Morgan fingerprint density at radius 2 is 0.869 bits per heavy atom. The first-order valence-electron chi connectivity index (χ1n) is 20.7. The number of hydrogen-bond acceptors (Lipinski definition) is 3. The van der Waals surface area contributed by atoms with Gasteiger partial charge in [0, 0.05) is 44.8 Å². The van der Waals surface area contributed by atoms with Crippen LogP contribution in [-0.4, -0.2) is 9.97 Å². The van der Waals surface area contributed by atoms with E-state index >= 15 is 0 Å². The lowest BCUT2D eigenvalue weighted by Crippen LogP contribution is -1.91. The van der Waals surface area contributed by atoms with Gasteiger partial charge in [-0.25, -0.2) is 4.98 Å². The first-order chi connectivity index (χ1) is 30.3. The van der Waals surface area contributed by atoms with Gasteiger partial charge < -0.3 is 4.42 Å². The first-order valence-corrected chi connectivity index (χ1v) is 20.7. The van der Waals surface area contributed by atoms with Crippen LogP contribution < -0.4 is 0 Å². The maximum Gasteiger partial charge on any atom is 0.143 e. The highest BCUT2D eigenvalue weighted by molar-refractivity contribution is 6.11. The zero-order valence-electron chi connectivity index (χ0n) is 33.1. The Morgan fingerprint density at radius 1 is 0.311 bits per heavy atom. The lowest BCUT2D eigenvalue weighted by molar-refractivity contribution is 0.599. The predicted octanol–water partition coefficient (Wildman–Crippen LogP) is 15.8. The monoisotopic (exact) mass is 776 g/mol. The van der Waals surface area contributed by atoms with Gasteiger partial charge >= 0.3 is 0 Å². The summed E-state index contributed by atoms with van der Waals surface area (Å²) in [5, 5.41) is 9.15. The van der Waals surface area contributed by atoms with Gasteiger partial charge in [-0.2, -0.15) is 0 Å². The normalized spacial score (nSPS) is 11.6. The number of aromatic nitrogens is 2. The predicted molar refractivity (Wildman–Crippen MR) is 254 cm³/mol. The molecule has 61 heavy (non-hydrogen) atoms. The number of rotatable bonds is 6. The summed E-state index contributed by atoms with van der Waals surface area (Å²) in [5.41, 5.74) is 12.5. The van der Waals surface area contributed by atoms with Crippen LogP contribution >= 0.6 is 0 Å². The molecule has 0 N–H and O–H groups in total. The third-order valence-corrected chi connectivity index (χ3v) is 12.1. The van der Waals surface area contributed by atoms with Gasteiger partial charge in [0.15, 0.2) is 0 Å². The highest BCUT2D eigenvalue weighted by atomic mass is 16.3. The molecule has 3 heteroatoms. The molecule has 0 aliphatic rings. The Morgan fingerprint density at radius 3 is 1.66 bits per heavy atom. The summed E-state index contributed by atoms with van der Waals surface area (Å²) in [6.45, 7) is 0. The largest absolute Gasteiger partial charge is 0.455 e. The van der Waals surface area contributed by atoms with E-state index in [9.17, 15) is 0 Å². The number of hydrogen-bond donors (Lipinski definition) is 0. The van der Waals surface area contributed by atoms with Gasteiger partial charge in [-0.15, -0.1) is 0 Å². The van der Waals surface area contributed by atoms with Crippen LogP contribution in [-0.2, 0) is 0 Å². The third-order valence-electron chi connectivity index (χ3n) is 12.1. The van der Waals surface area contributed by atoms with E-state index < -0.39 is 0 Å². The molecule has 0 aliphatic carbocycles. The minimum atomic E-state index is 0.834. The van der Waals surface area contributed by atoms with Crippen molar-refractivity contribution in [1.29, 1.82) is 0 Å². The zero-order valence-corrected chi connectivity index (χ0v) is 33.1. The molecule has 284 valence electrons. The van der Waals surface area contributed by atoms with Gasteiger partial charge in [-0.3, -0.25) is 4.98 Å². The SMILES string of the molecule is c1ccc(-c2c(-c3cccc(-c4ccc(-c5ccc6ccc7cccnc7c6n5)c5ccccc45)c3)oc(-c3cccc4ccccc34)c2-c2cccc3ccccc23)cc1. The average Bonchev–Trinajstić information content (AvgIpc) is 3.74. The molecule has 3 aromatic heterocycles. The van der Waals surface area contributed by atoms with E-state index in [0.717, 1.165) is 105 Å². The molecule has 0 saturated carbocycles. The van der Waals surface area contributed by atoms with Crippen molar-refractivity contribution in [2.45, 2.75) is 0 Å². The van der Waals surface area contributed by atoms with Crippen molar-refractivity contribution in [3.8, 4) is 67.3 Å². The summed E-state index contributed by atoms with van der Waals surface area (Å²) in [5.74, 6) is 1.69. The molecular formula is C58H36N2O. The lowest BCUT2D eigenvalue weighted by Gasteiger charge is -2.14. The molecule has 12 rings (SSSR count). The van der Waals surface area contributed by atoms with E-state index in [-0.39, 0.29) is 0 Å². The fraction of sp³-hybridized carbons (Fsp3) is 0. The molecule has 0 aliphatic heterocycles. The summed E-state index contributed by atoms with van der Waals surface area (Å²) >= 11 is 0. The summed E-state index contributed by atoms with van der Waals surface area (Å²) in [6, 6.07) is 75.6. The standard InChI is InChI=1S/C58H36N2O/c1-2-16-39(17-3-1)53-54(50-27-11-18-37-14-4-6-23-44(37)50)58(51-28-12-19-38-15-5-7-24-45(38)51)61-57(53)43-21-10-20-42(36-43)46-32-33-49(48-26-9-8-25-47(46)48)52-34-31-41-30-29-40-22-13-35-59-55(40)56(41)60-52/h1-36H. The molecule has 9 aromatic carbocycles. The Bertz CT molecular complexity index is 3650. The molecular weight excluding hydrogens is 741 g/mol. The summed E-state index contributed by atoms with van der Waals surface area (Å²) < 4.78 is 7.39. The van der Waals surface area contributed by atoms with Gasteiger partial charge in [0.05, 0.1) is 16.7 Å². The first kappa shape index (κ1) is 34.9. The smallest absolute Gasteiger partial charge is 0.143 e. The van der Waals surface area contributed by atoms with Crippen molar-refractivity contribution in [2.75, 3.05) is 0 Å². The van der Waals surface area contributed by atoms with Crippen LogP contribution in [0.3, 0.4) is 0 Å². The van der Waals surface area contributed by atoms with Gasteiger partial charge in [0.2, 0.25) is 0 Å². The van der Waals surface area contributed by atoms with Crippen LogP contribution in [0.5, 0.6) is 0 Å². The average molecular weight is 777 g/mol. The molecule has 0 fully saturated rings. The molecule has 0 atom stereocenters. The van der Waals surface area contributed by atoms with Crippen LogP contribution in [0.4, 0.5) is 0 Å². The summed E-state index contributed by atoms with van der Waals surface area (Å²) in [7, 11) is 0. The number of furan rings is 1. The minimum Gasteiger partial charge on any atom is -0.455 e. The molecule has 12 aromatic rings. The van der Waals surface area contributed by atoms with Crippen molar-refractivity contribution < 1.29 is 4.42 Å². The topological polar surface area (TPSA) is 38.9 Å². The fourth-order valence-corrected chi connectivity index (χ4v) is 9.30. The van der Waals surface area contributed by atoms with Crippen LogP contribution in [0.25, 0.3) is 121 Å². The molecule has 0 unspecified atom stereocenters. The van der Waals surface area contributed by atoms with Crippen molar-refractivity contribution in [2.24, 2.45) is 0 Å². The third kappa shape index (κ3) is 5.82. The molecule has 0 amide bonds. The van der Waals surface area contributed by atoms with Crippen LogP contribution in [0.2, 0.25) is 0 Å². The van der Waals surface area contributed by atoms with E-state index in [0.29, 0.717) is 0 Å². The Labute approximate surface area is 352 Å². The van der Waals surface area contributed by atoms with Crippen LogP contribution in [0, 0.1) is 0 Å². The van der Waals surface area contributed by atoms with E-state index in [1.54, 1.807) is 0 Å². The fourth-order valence-electron chi connectivity index (χ4n) is 9.30. The van der Waals surface area contributed by atoms with Crippen molar-refractivity contribution in [1.82, 2.24) is 9.97 Å². The quantitative estimate of drug-likeness (QED) is 0.158. The van der Waals surface area contributed by atoms with Gasteiger partial charge in [0.1, 0.15) is 11.5 Å². The van der Waals surface area contributed by atoms with E-state index in [4.69, 9.17) is 14.4 Å². The lowest BCUT2D eigenvalue weighted by atomic mass is 9.88. The molecule has 3 heterocycles. The van der Waals surface area contributed by atoms with Crippen molar-refractivity contribution >= 4 is 54.1 Å². The Kier molecular flexibility index (Phi) is 8.17. The maximum atomic E-state index is 7.39. The van der Waals surface area contributed by atoms with Gasteiger partial charge in [0.25, 0.3) is 0 Å².